The minimum absolute atomic E-state index is 0.158. The molecule has 0 fully saturated rings. The van der Waals surface area contributed by atoms with E-state index in [1.807, 2.05) is 56.3 Å². The summed E-state index contributed by atoms with van der Waals surface area (Å²) in [5, 5.41) is 0.973. The van der Waals surface area contributed by atoms with Gasteiger partial charge < -0.3 is 9.74 Å². The first-order valence-electron chi connectivity index (χ1n) is 12.6. The fraction of sp³-hybridized carbons (Fsp3) is 0.276. The van der Waals surface area contributed by atoms with Gasteiger partial charge in [-0.25, -0.2) is 10.5 Å². The molecule has 4 rings (SSSR count). The molecule has 3 aromatic carbocycles. The number of nitrogens with one attached hydrogen (secondary N) is 1. The van der Waals surface area contributed by atoms with E-state index in [0.29, 0.717) is 60.0 Å². The second kappa shape index (κ2) is 13.2. The number of benzene rings is 3. The zero-order valence-corrected chi connectivity index (χ0v) is 23.7. The normalized spacial score (nSPS) is 12.0. The van der Waals surface area contributed by atoms with E-state index >= 15 is 0 Å². The van der Waals surface area contributed by atoms with Crippen LogP contribution in [-0.4, -0.2) is 40.1 Å². The van der Waals surface area contributed by atoms with E-state index in [1.54, 1.807) is 39.8 Å². The van der Waals surface area contributed by atoms with Crippen LogP contribution in [-0.2, 0) is 11.4 Å². The number of aromatic nitrogens is 2. The Morgan fingerprint density at radius 3 is 2.53 bits per heavy atom. The molecule has 0 aliphatic carbocycles. The summed E-state index contributed by atoms with van der Waals surface area (Å²) in [4.78, 5) is 39.7. The second-order valence-corrected chi connectivity index (χ2v) is 10.1. The van der Waals surface area contributed by atoms with Crippen molar-refractivity contribution in [2.24, 2.45) is 0 Å². The van der Waals surface area contributed by atoms with Crippen LogP contribution >= 0.6 is 27.5 Å². The molecule has 38 heavy (non-hydrogen) atoms. The Bertz CT molecular complexity index is 1440. The van der Waals surface area contributed by atoms with Crippen LogP contribution in [0.2, 0.25) is 5.02 Å². The number of fused-ring (bicyclic) bond motifs is 1. The van der Waals surface area contributed by atoms with Gasteiger partial charge in [0.05, 0.1) is 30.1 Å². The Kier molecular flexibility index (Phi) is 9.69. The SMILES string of the molecule is CCONCCN(C(=O)c1ccc(Br)cc1)C(CC)c1nc2cc(Cl)ccc2c(=O)n1Cc1ccccc1. The molecule has 1 aromatic heterocycles. The molecule has 1 heterocycles. The van der Waals surface area contributed by atoms with Gasteiger partial charge in [-0.1, -0.05) is 64.8 Å². The van der Waals surface area contributed by atoms with Crippen molar-refractivity contribution >= 4 is 44.3 Å². The van der Waals surface area contributed by atoms with Crippen molar-refractivity contribution in [3.05, 3.63) is 110 Å². The zero-order chi connectivity index (χ0) is 27.1. The van der Waals surface area contributed by atoms with Gasteiger partial charge in [0.1, 0.15) is 5.82 Å². The van der Waals surface area contributed by atoms with Gasteiger partial charge >= 0.3 is 0 Å². The second-order valence-electron chi connectivity index (χ2n) is 8.77. The molecular formula is C29H30BrClN4O3. The molecule has 198 valence electrons. The lowest BCUT2D eigenvalue weighted by atomic mass is 10.1. The maximum atomic E-state index is 13.9. The molecule has 0 saturated heterocycles. The predicted octanol–water partition coefficient (Wildman–Crippen LogP) is 6.00. The Balaban J connectivity index is 1.85. The van der Waals surface area contributed by atoms with E-state index < -0.39 is 6.04 Å². The number of halogens is 2. The summed E-state index contributed by atoms with van der Waals surface area (Å²) in [6, 6.07) is 21.6. The molecule has 7 nitrogen and oxygen atoms in total. The van der Waals surface area contributed by atoms with Crippen LogP contribution in [0.5, 0.6) is 0 Å². The third-order valence-corrected chi connectivity index (χ3v) is 7.01. The number of rotatable bonds is 11. The molecule has 0 aliphatic rings. The Morgan fingerprint density at radius 1 is 1.11 bits per heavy atom. The van der Waals surface area contributed by atoms with Crippen LogP contribution in [0.15, 0.2) is 82.1 Å². The van der Waals surface area contributed by atoms with Crippen molar-refractivity contribution in [1.29, 1.82) is 0 Å². The van der Waals surface area contributed by atoms with Gasteiger partial charge in [-0.05, 0) is 61.4 Å². The van der Waals surface area contributed by atoms with Gasteiger partial charge in [0, 0.05) is 28.1 Å². The molecule has 0 bridgehead atoms. The lowest BCUT2D eigenvalue weighted by molar-refractivity contribution is 0.0366. The predicted molar refractivity (Wildman–Crippen MR) is 154 cm³/mol. The molecule has 1 unspecified atom stereocenters. The molecule has 1 amide bonds. The maximum Gasteiger partial charge on any atom is 0.261 e. The zero-order valence-electron chi connectivity index (χ0n) is 21.4. The summed E-state index contributed by atoms with van der Waals surface area (Å²) in [6.07, 6.45) is 0.546. The highest BCUT2D eigenvalue weighted by molar-refractivity contribution is 9.10. The molecule has 4 aromatic rings. The van der Waals surface area contributed by atoms with Gasteiger partial charge in [-0.15, -0.1) is 0 Å². The van der Waals surface area contributed by atoms with Gasteiger partial charge in [0.25, 0.3) is 11.5 Å². The fourth-order valence-electron chi connectivity index (χ4n) is 4.42. The molecular weight excluding hydrogens is 568 g/mol. The van der Waals surface area contributed by atoms with Crippen molar-refractivity contribution < 1.29 is 9.63 Å². The van der Waals surface area contributed by atoms with E-state index in [4.69, 9.17) is 21.4 Å². The largest absolute Gasteiger partial charge is 0.327 e. The van der Waals surface area contributed by atoms with Crippen LogP contribution in [0, 0.1) is 0 Å². The van der Waals surface area contributed by atoms with Gasteiger partial charge in [-0.3, -0.25) is 14.2 Å². The van der Waals surface area contributed by atoms with Gasteiger partial charge in [0.2, 0.25) is 0 Å². The maximum absolute atomic E-state index is 13.9. The number of hydrogen-bond donors (Lipinski definition) is 1. The molecule has 9 heteroatoms. The van der Waals surface area contributed by atoms with Gasteiger partial charge in [-0.2, -0.15) is 0 Å². The number of hydroxylamine groups is 1. The number of carbonyl (C=O) groups is 1. The number of carbonyl (C=O) groups excluding carboxylic acids is 1. The summed E-state index contributed by atoms with van der Waals surface area (Å²) in [7, 11) is 0. The molecule has 1 N–H and O–H groups in total. The summed E-state index contributed by atoms with van der Waals surface area (Å²) < 4.78 is 2.56. The monoisotopic (exact) mass is 596 g/mol. The molecule has 0 spiro atoms. The summed E-state index contributed by atoms with van der Waals surface area (Å²) in [6.45, 7) is 5.47. The van der Waals surface area contributed by atoms with Crippen LogP contribution in [0.3, 0.4) is 0 Å². The summed E-state index contributed by atoms with van der Waals surface area (Å²) >= 11 is 9.71. The van der Waals surface area contributed by atoms with E-state index in [2.05, 4.69) is 21.4 Å². The van der Waals surface area contributed by atoms with Crippen molar-refractivity contribution in [2.45, 2.75) is 32.9 Å². The van der Waals surface area contributed by atoms with Crippen molar-refractivity contribution in [1.82, 2.24) is 19.9 Å². The van der Waals surface area contributed by atoms with Crippen molar-refractivity contribution in [3.8, 4) is 0 Å². The summed E-state index contributed by atoms with van der Waals surface area (Å²) in [5.74, 6) is 0.354. The highest BCUT2D eigenvalue weighted by Crippen LogP contribution is 2.27. The van der Waals surface area contributed by atoms with Crippen LogP contribution in [0.1, 0.15) is 48.1 Å². The number of amides is 1. The Morgan fingerprint density at radius 2 is 1.84 bits per heavy atom. The smallest absolute Gasteiger partial charge is 0.261 e. The molecule has 1 atom stereocenters. The highest BCUT2D eigenvalue weighted by Gasteiger charge is 2.29. The average Bonchev–Trinajstić information content (AvgIpc) is 2.92. The minimum Gasteiger partial charge on any atom is -0.327 e. The van der Waals surface area contributed by atoms with E-state index in [0.717, 1.165) is 10.0 Å². The first-order valence-corrected chi connectivity index (χ1v) is 13.7. The van der Waals surface area contributed by atoms with Crippen LogP contribution in [0.25, 0.3) is 10.9 Å². The number of hydrogen-bond acceptors (Lipinski definition) is 5. The summed E-state index contributed by atoms with van der Waals surface area (Å²) in [5.41, 5.74) is 4.74. The van der Waals surface area contributed by atoms with Gasteiger partial charge in [0.15, 0.2) is 0 Å². The fourth-order valence-corrected chi connectivity index (χ4v) is 4.86. The van der Waals surface area contributed by atoms with Crippen LogP contribution < -0.4 is 11.0 Å². The van der Waals surface area contributed by atoms with Crippen molar-refractivity contribution in [2.75, 3.05) is 19.7 Å². The highest BCUT2D eigenvalue weighted by atomic mass is 79.9. The third-order valence-electron chi connectivity index (χ3n) is 6.24. The lowest BCUT2D eigenvalue weighted by Gasteiger charge is -2.32. The Labute approximate surface area is 235 Å². The first-order chi connectivity index (χ1) is 18.4. The Hall–Kier alpha value is -3.04. The molecule has 0 saturated carbocycles. The first kappa shape index (κ1) is 28.0. The minimum atomic E-state index is -0.477. The topological polar surface area (TPSA) is 76.5 Å². The standard InChI is InChI=1S/C29H30BrClN4O3/c1-3-26(34(17-16-32-38-4-2)28(36)21-10-12-22(30)13-11-21)27-33-25-18-23(31)14-15-24(25)29(37)35(27)19-20-8-6-5-7-9-20/h5-15,18,26,32H,3-4,16-17,19H2,1-2H3. The van der Waals surface area contributed by atoms with Crippen molar-refractivity contribution in [3.63, 3.8) is 0 Å². The number of nitrogens with zero attached hydrogens (tertiary/aromatic N) is 3. The van der Waals surface area contributed by atoms with E-state index in [-0.39, 0.29) is 11.5 Å². The average molecular weight is 598 g/mol. The molecule has 0 aliphatic heterocycles. The van der Waals surface area contributed by atoms with E-state index in [1.165, 1.54) is 0 Å². The lowest BCUT2D eigenvalue weighted by Crippen LogP contribution is -2.42. The third kappa shape index (κ3) is 6.50. The van der Waals surface area contributed by atoms with E-state index in [9.17, 15) is 9.59 Å². The quantitative estimate of drug-likeness (QED) is 0.170. The van der Waals surface area contributed by atoms with Crippen LogP contribution in [0.4, 0.5) is 0 Å². The molecule has 0 radical (unpaired) electrons.